The molecule has 0 saturated carbocycles. The van der Waals surface area contributed by atoms with E-state index in [1.807, 2.05) is 42.6 Å². The van der Waals surface area contributed by atoms with Crippen LogP contribution in [0.25, 0.3) is 10.9 Å². The van der Waals surface area contributed by atoms with Crippen molar-refractivity contribution in [1.29, 1.82) is 0 Å². The fraction of sp³-hybridized carbons (Fsp3) is 0.185. The number of para-hydroxylation sites is 1. The SMILES string of the molecule is COc1ccc(NC(=O)CSc2ccccc2C(=O)NCCc2c[nH]c3ccccc23)cc1OC. The predicted molar refractivity (Wildman–Crippen MR) is 140 cm³/mol. The third kappa shape index (κ3) is 5.96. The van der Waals surface area contributed by atoms with Crippen molar-refractivity contribution < 1.29 is 19.1 Å². The number of hydrogen-bond acceptors (Lipinski definition) is 5. The van der Waals surface area contributed by atoms with Crippen LogP contribution in [-0.4, -0.2) is 43.3 Å². The van der Waals surface area contributed by atoms with Crippen LogP contribution in [0.2, 0.25) is 0 Å². The van der Waals surface area contributed by atoms with Crippen LogP contribution < -0.4 is 20.1 Å². The molecule has 1 aromatic heterocycles. The van der Waals surface area contributed by atoms with Crippen LogP contribution in [0.15, 0.2) is 77.8 Å². The summed E-state index contributed by atoms with van der Waals surface area (Å²) < 4.78 is 10.5. The van der Waals surface area contributed by atoms with Crippen molar-refractivity contribution in [2.45, 2.75) is 11.3 Å². The van der Waals surface area contributed by atoms with E-state index in [0.717, 1.165) is 27.8 Å². The largest absolute Gasteiger partial charge is 0.493 e. The van der Waals surface area contributed by atoms with Gasteiger partial charge in [0, 0.05) is 40.3 Å². The Morgan fingerprint density at radius 2 is 1.71 bits per heavy atom. The molecule has 0 radical (unpaired) electrons. The van der Waals surface area contributed by atoms with Crippen molar-refractivity contribution in [2.75, 3.05) is 31.8 Å². The van der Waals surface area contributed by atoms with Crippen LogP contribution in [0.1, 0.15) is 15.9 Å². The molecule has 0 aliphatic carbocycles. The molecule has 4 rings (SSSR count). The molecule has 0 aliphatic heterocycles. The molecule has 0 bridgehead atoms. The van der Waals surface area contributed by atoms with Crippen molar-refractivity contribution in [2.24, 2.45) is 0 Å². The van der Waals surface area contributed by atoms with Gasteiger partial charge in [-0.1, -0.05) is 30.3 Å². The summed E-state index contributed by atoms with van der Waals surface area (Å²) in [5.74, 6) is 0.940. The van der Waals surface area contributed by atoms with Gasteiger partial charge in [-0.3, -0.25) is 9.59 Å². The number of rotatable bonds is 10. The van der Waals surface area contributed by atoms with E-state index in [9.17, 15) is 9.59 Å². The smallest absolute Gasteiger partial charge is 0.252 e. The van der Waals surface area contributed by atoms with E-state index < -0.39 is 0 Å². The lowest BCUT2D eigenvalue weighted by Crippen LogP contribution is -2.26. The molecule has 4 aromatic rings. The first-order chi connectivity index (χ1) is 17.1. The number of hydrogen-bond donors (Lipinski definition) is 3. The van der Waals surface area contributed by atoms with Crippen LogP contribution in [0.5, 0.6) is 11.5 Å². The summed E-state index contributed by atoms with van der Waals surface area (Å²) in [5.41, 5.74) is 3.41. The molecule has 35 heavy (non-hydrogen) atoms. The number of benzene rings is 3. The number of amides is 2. The van der Waals surface area contributed by atoms with Gasteiger partial charge in [0.1, 0.15) is 0 Å². The Kier molecular flexibility index (Phi) is 7.95. The molecule has 0 atom stereocenters. The lowest BCUT2D eigenvalue weighted by atomic mass is 10.1. The Morgan fingerprint density at radius 1 is 0.943 bits per heavy atom. The molecule has 0 saturated heterocycles. The molecule has 0 aliphatic rings. The molecule has 0 spiro atoms. The van der Waals surface area contributed by atoms with Crippen molar-refractivity contribution in [3.8, 4) is 11.5 Å². The number of aromatic amines is 1. The molecular weight excluding hydrogens is 462 g/mol. The van der Waals surface area contributed by atoms with E-state index in [2.05, 4.69) is 21.7 Å². The van der Waals surface area contributed by atoms with Crippen LogP contribution in [-0.2, 0) is 11.2 Å². The molecule has 2 amide bonds. The van der Waals surface area contributed by atoms with E-state index in [0.29, 0.717) is 29.3 Å². The second kappa shape index (κ2) is 11.5. The maximum Gasteiger partial charge on any atom is 0.252 e. The summed E-state index contributed by atoms with van der Waals surface area (Å²) in [6, 6.07) is 20.6. The minimum absolute atomic E-state index is 0.159. The number of fused-ring (bicyclic) bond motifs is 1. The summed E-state index contributed by atoms with van der Waals surface area (Å²) >= 11 is 1.32. The van der Waals surface area contributed by atoms with Crippen LogP contribution in [0, 0.1) is 0 Å². The highest BCUT2D eigenvalue weighted by molar-refractivity contribution is 8.00. The number of carbonyl (C=O) groups is 2. The second-order valence-electron chi connectivity index (χ2n) is 7.77. The molecular formula is C27H27N3O4S. The van der Waals surface area contributed by atoms with Gasteiger partial charge in [0.15, 0.2) is 11.5 Å². The Hall–Kier alpha value is -3.91. The maximum absolute atomic E-state index is 12.9. The first-order valence-electron chi connectivity index (χ1n) is 11.2. The summed E-state index contributed by atoms with van der Waals surface area (Å²) in [6.45, 7) is 0.513. The van der Waals surface area contributed by atoms with E-state index in [-0.39, 0.29) is 17.6 Å². The summed E-state index contributed by atoms with van der Waals surface area (Å²) in [5, 5.41) is 7.02. The minimum Gasteiger partial charge on any atom is -0.493 e. The van der Waals surface area contributed by atoms with Crippen molar-refractivity contribution in [3.05, 3.63) is 84.1 Å². The zero-order chi connectivity index (χ0) is 24.6. The fourth-order valence-electron chi connectivity index (χ4n) is 3.78. The summed E-state index contributed by atoms with van der Waals surface area (Å²) in [4.78, 5) is 29.4. The molecule has 7 nitrogen and oxygen atoms in total. The van der Waals surface area contributed by atoms with Gasteiger partial charge >= 0.3 is 0 Å². The molecule has 3 aromatic carbocycles. The summed E-state index contributed by atoms with van der Waals surface area (Å²) in [7, 11) is 3.10. The number of carbonyl (C=O) groups excluding carboxylic acids is 2. The Bertz CT molecular complexity index is 1340. The molecule has 180 valence electrons. The molecule has 8 heteroatoms. The van der Waals surface area contributed by atoms with E-state index in [4.69, 9.17) is 9.47 Å². The quantitative estimate of drug-likeness (QED) is 0.276. The van der Waals surface area contributed by atoms with Gasteiger partial charge in [-0.15, -0.1) is 11.8 Å². The van der Waals surface area contributed by atoms with E-state index in [1.165, 1.54) is 11.8 Å². The first kappa shape index (κ1) is 24.2. The lowest BCUT2D eigenvalue weighted by Gasteiger charge is -2.12. The van der Waals surface area contributed by atoms with Gasteiger partial charge in [-0.25, -0.2) is 0 Å². The van der Waals surface area contributed by atoms with E-state index >= 15 is 0 Å². The van der Waals surface area contributed by atoms with Gasteiger partial charge in [-0.2, -0.15) is 0 Å². The normalized spacial score (nSPS) is 10.7. The van der Waals surface area contributed by atoms with Gasteiger partial charge in [0.05, 0.1) is 25.5 Å². The van der Waals surface area contributed by atoms with Crippen LogP contribution in [0.4, 0.5) is 5.69 Å². The monoisotopic (exact) mass is 489 g/mol. The number of H-pyrrole nitrogens is 1. The third-order valence-electron chi connectivity index (χ3n) is 5.51. The van der Waals surface area contributed by atoms with Gasteiger partial charge in [-0.05, 0) is 42.3 Å². The first-order valence-corrected chi connectivity index (χ1v) is 12.1. The Labute approximate surface area is 208 Å². The number of nitrogens with one attached hydrogen (secondary N) is 3. The van der Waals surface area contributed by atoms with Crippen molar-refractivity contribution in [1.82, 2.24) is 10.3 Å². The molecule has 0 unspecified atom stereocenters. The third-order valence-corrected chi connectivity index (χ3v) is 6.59. The topological polar surface area (TPSA) is 92.5 Å². The van der Waals surface area contributed by atoms with Crippen LogP contribution in [0.3, 0.4) is 0 Å². The van der Waals surface area contributed by atoms with Gasteiger partial charge < -0.3 is 25.1 Å². The average Bonchev–Trinajstić information content (AvgIpc) is 3.30. The number of anilines is 1. The Morgan fingerprint density at radius 3 is 2.54 bits per heavy atom. The standard InChI is InChI=1S/C27H27N3O4S/c1-33-23-12-11-19(15-24(23)34-2)30-26(31)17-35-25-10-6-4-8-21(25)27(32)28-14-13-18-16-29-22-9-5-3-7-20(18)22/h3-12,15-16,29H,13-14,17H2,1-2H3,(H,28,32)(H,30,31). The Balaban J connectivity index is 1.32. The molecule has 1 heterocycles. The lowest BCUT2D eigenvalue weighted by molar-refractivity contribution is -0.113. The zero-order valence-corrected chi connectivity index (χ0v) is 20.4. The second-order valence-corrected chi connectivity index (χ2v) is 8.79. The zero-order valence-electron chi connectivity index (χ0n) is 19.6. The summed E-state index contributed by atoms with van der Waals surface area (Å²) in [6.07, 6.45) is 2.70. The highest BCUT2D eigenvalue weighted by Gasteiger charge is 2.14. The average molecular weight is 490 g/mol. The van der Waals surface area contributed by atoms with E-state index in [1.54, 1.807) is 38.5 Å². The maximum atomic E-state index is 12.9. The molecule has 3 N–H and O–H groups in total. The predicted octanol–water partition coefficient (Wildman–Crippen LogP) is 4.89. The van der Waals surface area contributed by atoms with Crippen LogP contribution >= 0.6 is 11.8 Å². The van der Waals surface area contributed by atoms with Crippen molar-refractivity contribution >= 4 is 40.2 Å². The number of thioether (sulfide) groups is 1. The number of ether oxygens (including phenoxy) is 2. The molecule has 0 fully saturated rings. The highest BCUT2D eigenvalue weighted by Crippen LogP contribution is 2.30. The number of aromatic nitrogens is 1. The minimum atomic E-state index is -0.184. The van der Waals surface area contributed by atoms with Gasteiger partial charge in [0.25, 0.3) is 5.91 Å². The van der Waals surface area contributed by atoms with Gasteiger partial charge in [0.2, 0.25) is 5.91 Å². The van der Waals surface area contributed by atoms with Crippen molar-refractivity contribution in [3.63, 3.8) is 0 Å². The fourth-order valence-corrected chi connectivity index (χ4v) is 4.63. The number of methoxy groups -OCH3 is 2. The highest BCUT2D eigenvalue weighted by atomic mass is 32.2.